The Hall–Kier alpha value is -1.95. The smallest absolute Gasteiger partial charge is 0.263 e. The lowest BCUT2D eigenvalue weighted by atomic mass is 9.90. The van der Waals surface area contributed by atoms with Crippen LogP contribution in [0.4, 0.5) is 5.95 Å². The number of aryl methyl sites for hydroxylation is 1. The number of carbonyl (C=O) groups excluding carboxylic acids is 1. The summed E-state index contributed by atoms with van der Waals surface area (Å²) in [4.78, 5) is 25.0. The number of hydrogen-bond acceptors (Lipinski definition) is 5. The quantitative estimate of drug-likeness (QED) is 0.936. The van der Waals surface area contributed by atoms with E-state index in [-0.39, 0.29) is 5.91 Å². The molecule has 0 aliphatic heterocycles. The van der Waals surface area contributed by atoms with Crippen LogP contribution in [0.2, 0.25) is 0 Å². The monoisotopic (exact) mass is 330 g/mol. The normalized spacial score (nSPS) is 16.7. The van der Waals surface area contributed by atoms with Crippen LogP contribution in [0.1, 0.15) is 39.0 Å². The summed E-state index contributed by atoms with van der Waals surface area (Å²) in [7, 11) is 3.61. The summed E-state index contributed by atoms with van der Waals surface area (Å²) in [6, 6.07) is 2.09. The third-order valence-corrected chi connectivity index (χ3v) is 5.46. The third-order valence-electron chi connectivity index (χ3n) is 4.24. The molecule has 1 atom stereocenters. The van der Waals surface area contributed by atoms with Crippen molar-refractivity contribution in [3.63, 3.8) is 0 Å². The number of carbonyl (C=O) groups is 1. The zero-order chi connectivity index (χ0) is 16.4. The van der Waals surface area contributed by atoms with E-state index in [0.717, 1.165) is 29.2 Å². The Morgan fingerprint density at radius 2 is 2.17 bits per heavy atom. The summed E-state index contributed by atoms with van der Waals surface area (Å²) in [5, 5.41) is 2.89. The molecule has 0 saturated carbocycles. The van der Waals surface area contributed by atoms with Gasteiger partial charge in [-0.2, -0.15) is 0 Å². The maximum Gasteiger partial charge on any atom is 0.263 e. The number of anilines is 1. The molecule has 122 valence electrons. The van der Waals surface area contributed by atoms with Gasteiger partial charge in [0, 0.05) is 43.5 Å². The SMILES string of the molecule is CNc1ncc(CN(C)C(=O)c2cc3c(s2)CC[C@H](C)C3)cn1. The third kappa shape index (κ3) is 3.52. The molecule has 6 heteroatoms. The van der Waals surface area contributed by atoms with Crippen molar-refractivity contribution < 1.29 is 4.79 Å². The average molecular weight is 330 g/mol. The highest BCUT2D eigenvalue weighted by Gasteiger charge is 2.22. The van der Waals surface area contributed by atoms with E-state index in [9.17, 15) is 4.79 Å². The second-order valence-corrected chi connectivity index (χ2v) is 7.37. The molecule has 3 rings (SSSR count). The Kier molecular flexibility index (Phi) is 4.61. The molecule has 0 saturated heterocycles. The van der Waals surface area contributed by atoms with Crippen molar-refractivity contribution in [3.8, 4) is 0 Å². The van der Waals surface area contributed by atoms with E-state index in [4.69, 9.17) is 0 Å². The van der Waals surface area contributed by atoms with Crippen molar-refractivity contribution in [2.24, 2.45) is 5.92 Å². The van der Waals surface area contributed by atoms with E-state index in [1.807, 2.05) is 7.05 Å². The second kappa shape index (κ2) is 6.66. The summed E-state index contributed by atoms with van der Waals surface area (Å²) in [5.74, 6) is 1.39. The minimum atomic E-state index is 0.0785. The molecule has 1 amide bonds. The van der Waals surface area contributed by atoms with E-state index < -0.39 is 0 Å². The molecule has 5 nitrogen and oxygen atoms in total. The second-order valence-electron chi connectivity index (χ2n) is 6.23. The molecule has 2 heterocycles. The van der Waals surface area contributed by atoms with Gasteiger partial charge in [0.05, 0.1) is 4.88 Å². The van der Waals surface area contributed by atoms with Gasteiger partial charge < -0.3 is 10.2 Å². The van der Waals surface area contributed by atoms with Gasteiger partial charge in [-0.25, -0.2) is 9.97 Å². The standard InChI is InChI=1S/C17H22N4OS/c1-11-4-5-14-13(6-11)7-15(23-14)16(22)21(3)10-12-8-19-17(18-2)20-9-12/h7-9,11H,4-6,10H2,1-3H3,(H,18,19,20)/t11-/m0/s1. The molecule has 0 bridgehead atoms. The average Bonchev–Trinajstić information content (AvgIpc) is 2.97. The summed E-state index contributed by atoms with van der Waals surface area (Å²) in [5.41, 5.74) is 2.29. The highest BCUT2D eigenvalue weighted by Crippen LogP contribution is 2.32. The first-order chi connectivity index (χ1) is 11.1. The topological polar surface area (TPSA) is 58.1 Å². The number of aromatic nitrogens is 2. The van der Waals surface area contributed by atoms with Crippen molar-refractivity contribution >= 4 is 23.2 Å². The van der Waals surface area contributed by atoms with Crippen LogP contribution in [-0.4, -0.2) is 34.9 Å². The first-order valence-corrected chi connectivity index (χ1v) is 8.74. The molecule has 23 heavy (non-hydrogen) atoms. The van der Waals surface area contributed by atoms with Crippen LogP contribution < -0.4 is 5.32 Å². The number of rotatable bonds is 4. The Balaban J connectivity index is 1.69. The Morgan fingerprint density at radius 3 is 2.87 bits per heavy atom. The van der Waals surface area contributed by atoms with Gasteiger partial charge in [0.2, 0.25) is 5.95 Å². The molecule has 0 spiro atoms. The maximum atomic E-state index is 12.7. The van der Waals surface area contributed by atoms with E-state index >= 15 is 0 Å². The van der Waals surface area contributed by atoms with Crippen molar-refractivity contribution in [2.45, 2.75) is 32.7 Å². The minimum absolute atomic E-state index is 0.0785. The van der Waals surface area contributed by atoms with Crippen LogP contribution in [0.25, 0.3) is 0 Å². The first kappa shape index (κ1) is 15.9. The Labute approximate surface area is 140 Å². The summed E-state index contributed by atoms with van der Waals surface area (Å²) >= 11 is 1.66. The fourth-order valence-electron chi connectivity index (χ4n) is 2.91. The Morgan fingerprint density at radius 1 is 1.43 bits per heavy atom. The van der Waals surface area contributed by atoms with Crippen molar-refractivity contribution in [2.75, 3.05) is 19.4 Å². The molecule has 0 fully saturated rings. The number of fused-ring (bicyclic) bond motifs is 1. The molecule has 0 unspecified atom stereocenters. The van der Waals surface area contributed by atoms with E-state index in [1.165, 1.54) is 16.9 Å². The predicted octanol–water partition coefficient (Wildman–Crippen LogP) is 2.98. The van der Waals surface area contributed by atoms with Gasteiger partial charge in [-0.1, -0.05) is 6.92 Å². The molecule has 1 N–H and O–H groups in total. The van der Waals surface area contributed by atoms with Crippen LogP contribution in [0, 0.1) is 5.92 Å². The van der Waals surface area contributed by atoms with Gasteiger partial charge >= 0.3 is 0 Å². The highest BCUT2D eigenvalue weighted by atomic mass is 32.1. The van der Waals surface area contributed by atoms with Crippen LogP contribution in [-0.2, 0) is 19.4 Å². The summed E-state index contributed by atoms with van der Waals surface area (Å²) in [6.07, 6.45) is 6.94. The van der Waals surface area contributed by atoms with Crippen molar-refractivity contribution in [1.29, 1.82) is 0 Å². The number of amides is 1. The highest BCUT2D eigenvalue weighted by molar-refractivity contribution is 7.14. The lowest BCUT2D eigenvalue weighted by Gasteiger charge is -2.16. The van der Waals surface area contributed by atoms with E-state index in [2.05, 4.69) is 28.3 Å². The molecule has 2 aromatic heterocycles. The van der Waals surface area contributed by atoms with Crippen molar-refractivity contribution in [1.82, 2.24) is 14.9 Å². The van der Waals surface area contributed by atoms with E-state index in [0.29, 0.717) is 12.5 Å². The molecule has 1 aliphatic carbocycles. The number of hydrogen-bond donors (Lipinski definition) is 1. The minimum Gasteiger partial charge on any atom is -0.357 e. The largest absolute Gasteiger partial charge is 0.357 e. The maximum absolute atomic E-state index is 12.7. The zero-order valence-corrected chi connectivity index (χ0v) is 14.6. The molecule has 0 aromatic carbocycles. The fraction of sp³-hybridized carbons (Fsp3) is 0.471. The van der Waals surface area contributed by atoms with Crippen LogP contribution in [0.3, 0.4) is 0 Å². The van der Waals surface area contributed by atoms with Crippen LogP contribution in [0.15, 0.2) is 18.5 Å². The van der Waals surface area contributed by atoms with Crippen LogP contribution in [0.5, 0.6) is 0 Å². The number of thiophene rings is 1. The Bertz CT molecular complexity index is 695. The van der Waals surface area contributed by atoms with Gasteiger partial charge in [0.1, 0.15) is 0 Å². The van der Waals surface area contributed by atoms with Gasteiger partial charge in [0.15, 0.2) is 0 Å². The van der Waals surface area contributed by atoms with Crippen LogP contribution >= 0.6 is 11.3 Å². The fourth-order valence-corrected chi connectivity index (χ4v) is 4.11. The molecule has 2 aromatic rings. The first-order valence-electron chi connectivity index (χ1n) is 7.92. The number of nitrogens with one attached hydrogen (secondary N) is 1. The predicted molar refractivity (Wildman–Crippen MR) is 92.9 cm³/mol. The number of nitrogens with zero attached hydrogens (tertiary/aromatic N) is 3. The molecule has 0 radical (unpaired) electrons. The van der Waals surface area contributed by atoms with Gasteiger partial charge in [0.25, 0.3) is 5.91 Å². The molecular formula is C17H22N4OS. The molecular weight excluding hydrogens is 308 g/mol. The summed E-state index contributed by atoms with van der Waals surface area (Å²) < 4.78 is 0. The van der Waals surface area contributed by atoms with Gasteiger partial charge in [-0.05, 0) is 36.8 Å². The lowest BCUT2D eigenvalue weighted by molar-refractivity contribution is 0.0789. The molecule has 1 aliphatic rings. The zero-order valence-electron chi connectivity index (χ0n) is 13.8. The van der Waals surface area contributed by atoms with Gasteiger partial charge in [-0.15, -0.1) is 11.3 Å². The van der Waals surface area contributed by atoms with Gasteiger partial charge in [-0.3, -0.25) is 4.79 Å². The summed E-state index contributed by atoms with van der Waals surface area (Å²) in [6.45, 7) is 2.80. The van der Waals surface area contributed by atoms with E-state index in [1.54, 1.807) is 35.7 Å². The lowest BCUT2D eigenvalue weighted by Crippen LogP contribution is -2.25. The van der Waals surface area contributed by atoms with Crippen molar-refractivity contribution in [3.05, 3.63) is 39.3 Å².